The molecule has 0 radical (unpaired) electrons. The summed E-state index contributed by atoms with van der Waals surface area (Å²) < 4.78 is 32.2. The molecule has 5 nitrogen and oxygen atoms in total. The molecule has 7 heteroatoms. The van der Waals surface area contributed by atoms with Gasteiger partial charge in [-0.05, 0) is 53.6 Å². The Morgan fingerprint density at radius 1 is 0.969 bits per heavy atom. The van der Waals surface area contributed by atoms with Crippen molar-refractivity contribution < 1.29 is 13.2 Å². The number of hydrogen-bond donors (Lipinski definition) is 1. The molecule has 4 rings (SSSR count). The maximum absolute atomic E-state index is 12.6. The van der Waals surface area contributed by atoms with Gasteiger partial charge in [-0.1, -0.05) is 76.1 Å². The SMILES string of the molecule is Cc1ccc(S(=O)(=O)N/N=C/c2c(OCc3cccc(Br)c3)ccc3ccccc23)cc1. The molecule has 0 unspecified atom stereocenters. The van der Waals surface area contributed by atoms with Crippen LogP contribution in [0.5, 0.6) is 5.75 Å². The van der Waals surface area contributed by atoms with Crippen molar-refractivity contribution >= 4 is 42.9 Å². The molecular formula is C25H21BrN2O3S. The van der Waals surface area contributed by atoms with Crippen LogP contribution in [0.3, 0.4) is 0 Å². The number of fused-ring (bicyclic) bond motifs is 1. The molecule has 0 saturated carbocycles. The van der Waals surface area contributed by atoms with Gasteiger partial charge in [-0.2, -0.15) is 13.5 Å². The molecule has 0 aromatic heterocycles. The van der Waals surface area contributed by atoms with Crippen molar-refractivity contribution in [1.82, 2.24) is 4.83 Å². The standard InChI is InChI=1S/C25H21BrN2O3S/c1-18-9-12-22(13-10-18)32(29,30)28-27-16-24-23-8-3-2-6-20(23)11-14-25(24)31-17-19-5-4-7-21(26)15-19/h2-16,28H,17H2,1H3/b27-16+. The summed E-state index contributed by atoms with van der Waals surface area (Å²) in [6.07, 6.45) is 1.49. The summed E-state index contributed by atoms with van der Waals surface area (Å²) in [5.74, 6) is 0.613. The van der Waals surface area contributed by atoms with Gasteiger partial charge in [-0.3, -0.25) is 0 Å². The molecule has 0 aliphatic carbocycles. The molecule has 4 aromatic carbocycles. The second-order valence-electron chi connectivity index (χ2n) is 7.28. The number of halogens is 1. The fraction of sp³-hybridized carbons (Fsp3) is 0.0800. The summed E-state index contributed by atoms with van der Waals surface area (Å²) in [4.78, 5) is 2.45. The normalized spacial score (nSPS) is 11.7. The van der Waals surface area contributed by atoms with E-state index in [1.165, 1.54) is 6.21 Å². The average Bonchev–Trinajstić information content (AvgIpc) is 2.78. The lowest BCUT2D eigenvalue weighted by Gasteiger charge is -2.12. The Morgan fingerprint density at radius 3 is 2.53 bits per heavy atom. The summed E-state index contributed by atoms with van der Waals surface area (Å²) in [6.45, 7) is 2.27. The van der Waals surface area contributed by atoms with Gasteiger partial charge >= 0.3 is 0 Å². The van der Waals surface area contributed by atoms with E-state index in [-0.39, 0.29) is 4.90 Å². The monoisotopic (exact) mass is 508 g/mol. The summed E-state index contributed by atoms with van der Waals surface area (Å²) in [5.41, 5.74) is 2.69. The molecule has 0 bridgehead atoms. The van der Waals surface area contributed by atoms with Crippen molar-refractivity contribution in [3.8, 4) is 5.75 Å². The largest absolute Gasteiger partial charge is 0.488 e. The third-order valence-electron chi connectivity index (χ3n) is 4.91. The van der Waals surface area contributed by atoms with Crippen LogP contribution in [0.1, 0.15) is 16.7 Å². The van der Waals surface area contributed by atoms with Crippen molar-refractivity contribution in [1.29, 1.82) is 0 Å². The molecule has 0 aliphatic rings. The lowest BCUT2D eigenvalue weighted by atomic mass is 10.0. The number of ether oxygens (including phenoxy) is 1. The van der Waals surface area contributed by atoms with Gasteiger partial charge in [0.25, 0.3) is 10.0 Å². The lowest BCUT2D eigenvalue weighted by Crippen LogP contribution is -2.18. The Balaban J connectivity index is 1.62. The Labute approximate surface area is 195 Å². The van der Waals surface area contributed by atoms with E-state index in [9.17, 15) is 8.42 Å². The summed E-state index contributed by atoms with van der Waals surface area (Å²) in [7, 11) is -3.77. The number of sulfonamides is 1. The lowest BCUT2D eigenvalue weighted by molar-refractivity contribution is 0.306. The highest BCUT2D eigenvalue weighted by Gasteiger charge is 2.13. The molecular weight excluding hydrogens is 488 g/mol. The van der Waals surface area contributed by atoms with Crippen molar-refractivity contribution in [2.45, 2.75) is 18.4 Å². The van der Waals surface area contributed by atoms with Crippen LogP contribution >= 0.6 is 15.9 Å². The van der Waals surface area contributed by atoms with Gasteiger partial charge in [-0.15, -0.1) is 0 Å². The number of nitrogens with one attached hydrogen (secondary N) is 1. The van der Waals surface area contributed by atoms with Crippen LogP contribution < -0.4 is 9.57 Å². The molecule has 162 valence electrons. The second kappa shape index (κ2) is 9.54. The molecule has 0 atom stereocenters. The van der Waals surface area contributed by atoms with Crippen LogP contribution in [0, 0.1) is 6.92 Å². The van der Waals surface area contributed by atoms with E-state index >= 15 is 0 Å². The van der Waals surface area contributed by atoms with E-state index in [0.29, 0.717) is 17.9 Å². The van der Waals surface area contributed by atoms with E-state index < -0.39 is 10.0 Å². The first-order chi connectivity index (χ1) is 15.4. The third kappa shape index (κ3) is 5.18. The number of hydrogen-bond acceptors (Lipinski definition) is 4. The number of hydrazone groups is 1. The predicted molar refractivity (Wildman–Crippen MR) is 132 cm³/mol. The van der Waals surface area contributed by atoms with E-state index in [1.807, 2.05) is 67.6 Å². The van der Waals surface area contributed by atoms with Gasteiger partial charge in [-0.25, -0.2) is 4.83 Å². The van der Waals surface area contributed by atoms with Crippen LogP contribution in [0.2, 0.25) is 0 Å². The summed E-state index contributed by atoms with van der Waals surface area (Å²) in [5, 5.41) is 5.96. The van der Waals surface area contributed by atoms with Crippen molar-refractivity contribution in [2.24, 2.45) is 5.10 Å². The minimum atomic E-state index is -3.77. The van der Waals surface area contributed by atoms with E-state index in [0.717, 1.165) is 26.4 Å². The fourth-order valence-electron chi connectivity index (χ4n) is 3.25. The minimum absolute atomic E-state index is 0.157. The van der Waals surface area contributed by atoms with Gasteiger partial charge in [0.05, 0.1) is 11.1 Å². The molecule has 0 amide bonds. The van der Waals surface area contributed by atoms with Crippen molar-refractivity contribution in [2.75, 3.05) is 0 Å². The van der Waals surface area contributed by atoms with E-state index in [1.54, 1.807) is 24.3 Å². The Morgan fingerprint density at radius 2 is 1.75 bits per heavy atom. The Bertz CT molecular complexity index is 1380. The molecule has 4 aromatic rings. The van der Waals surface area contributed by atoms with Gasteiger partial charge in [0.1, 0.15) is 12.4 Å². The zero-order valence-electron chi connectivity index (χ0n) is 17.3. The molecule has 0 fully saturated rings. The molecule has 1 N–H and O–H groups in total. The quantitative estimate of drug-likeness (QED) is 0.253. The zero-order chi connectivity index (χ0) is 22.6. The highest BCUT2D eigenvalue weighted by molar-refractivity contribution is 9.10. The Kier molecular flexibility index (Phi) is 6.58. The smallest absolute Gasteiger partial charge is 0.276 e. The van der Waals surface area contributed by atoms with Gasteiger partial charge in [0.15, 0.2) is 0 Å². The van der Waals surface area contributed by atoms with Crippen LogP contribution in [0.25, 0.3) is 10.8 Å². The maximum atomic E-state index is 12.6. The van der Waals surface area contributed by atoms with Crippen LogP contribution in [-0.4, -0.2) is 14.6 Å². The first-order valence-corrected chi connectivity index (χ1v) is 12.2. The highest BCUT2D eigenvalue weighted by Crippen LogP contribution is 2.27. The molecule has 0 aliphatic heterocycles. The first kappa shape index (κ1) is 22.0. The van der Waals surface area contributed by atoms with Crippen molar-refractivity contribution in [3.63, 3.8) is 0 Å². The highest BCUT2D eigenvalue weighted by atomic mass is 79.9. The number of nitrogens with zero attached hydrogens (tertiary/aromatic N) is 1. The topological polar surface area (TPSA) is 67.8 Å². The second-order valence-corrected chi connectivity index (χ2v) is 9.86. The maximum Gasteiger partial charge on any atom is 0.276 e. The molecule has 32 heavy (non-hydrogen) atoms. The van der Waals surface area contributed by atoms with Gasteiger partial charge < -0.3 is 4.74 Å². The fourth-order valence-corrected chi connectivity index (χ4v) is 4.49. The average molecular weight is 509 g/mol. The molecule has 0 spiro atoms. The summed E-state index contributed by atoms with van der Waals surface area (Å²) >= 11 is 3.47. The number of aryl methyl sites for hydroxylation is 1. The minimum Gasteiger partial charge on any atom is -0.488 e. The summed E-state index contributed by atoms with van der Waals surface area (Å²) in [6, 6.07) is 26.1. The van der Waals surface area contributed by atoms with Gasteiger partial charge in [0.2, 0.25) is 0 Å². The number of benzene rings is 4. The van der Waals surface area contributed by atoms with Crippen LogP contribution in [-0.2, 0) is 16.6 Å². The molecule has 0 heterocycles. The number of rotatable bonds is 7. The van der Waals surface area contributed by atoms with Crippen LogP contribution in [0.15, 0.2) is 99.4 Å². The zero-order valence-corrected chi connectivity index (χ0v) is 19.7. The van der Waals surface area contributed by atoms with Crippen LogP contribution in [0.4, 0.5) is 0 Å². The molecule has 0 saturated heterocycles. The Hall–Kier alpha value is -3.16. The predicted octanol–water partition coefficient (Wildman–Crippen LogP) is 5.80. The first-order valence-electron chi connectivity index (χ1n) is 9.93. The van der Waals surface area contributed by atoms with E-state index in [2.05, 4.69) is 25.9 Å². The third-order valence-corrected chi connectivity index (χ3v) is 6.64. The van der Waals surface area contributed by atoms with Gasteiger partial charge in [0, 0.05) is 10.0 Å². The van der Waals surface area contributed by atoms with Crippen molar-refractivity contribution in [3.05, 3.63) is 106 Å². The van der Waals surface area contributed by atoms with E-state index in [4.69, 9.17) is 4.74 Å².